The molecule has 1 rings (SSSR count). The van der Waals surface area contributed by atoms with Crippen LogP contribution in [0, 0.1) is 13.8 Å². The molecule has 17 heavy (non-hydrogen) atoms. The maximum atomic E-state index is 11.6. The third kappa shape index (κ3) is 4.61. The molecule has 0 saturated carbocycles. The molecule has 1 N–H and O–H groups in total. The molecule has 0 atom stereocenters. The predicted molar refractivity (Wildman–Crippen MR) is 68.0 cm³/mol. The number of nitrogens with one attached hydrogen (secondary N) is 1. The Labute approximate surface area is 103 Å². The van der Waals surface area contributed by atoms with Crippen LogP contribution >= 0.6 is 0 Å². The number of carbonyl (C=O) groups is 1. The van der Waals surface area contributed by atoms with Crippen LogP contribution in [0.1, 0.15) is 24.2 Å². The Morgan fingerprint density at radius 1 is 1.35 bits per heavy atom. The zero-order valence-corrected chi connectivity index (χ0v) is 11.0. The van der Waals surface area contributed by atoms with E-state index in [4.69, 9.17) is 4.74 Å². The van der Waals surface area contributed by atoms with Gasteiger partial charge in [-0.2, -0.15) is 0 Å². The van der Waals surface area contributed by atoms with Gasteiger partial charge in [-0.1, -0.05) is 0 Å². The van der Waals surface area contributed by atoms with E-state index < -0.39 is 0 Å². The van der Waals surface area contributed by atoms with E-state index in [0.29, 0.717) is 19.6 Å². The highest BCUT2D eigenvalue weighted by Gasteiger charge is 2.04. The number of hydrogen-bond acceptors (Lipinski definition) is 2. The first kappa shape index (κ1) is 13.8. The van der Waals surface area contributed by atoms with Crippen LogP contribution < -0.4 is 5.32 Å². The molecule has 1 heterocycles. The molecule has 0 radical (unpaired) electrons. The van der Waals surface area contributed by atoms with Gasteiger partial charge in [0.25, 0.3) is 0 Å². The second-order valence-corrected chi connectivity index (χ2v) is 4.21. The highest BCUT2D eigenvalue weighted by atomic mass is 16.5. The van der Waals surface area contributed by atoms with Gasteiger partial charge >= 0.3 is 0 Å². The summed E-state index contributed by atoms with van der Waals surface area (Å²) in [6, 6.07) is 4.15. The standard InChI is InChI=1S/C13H22N2O2/c1-11-5-6-12(2)15(11)9-7-13(16)14-8-4-10-17-3/h5-6H,4,7-10H2,1-3H3,(H,14,16). The molecule has 96 valence electrons. The SMILES string of the molecule is COCCCNC(=O)CCn1c(C)ccc1C. The number of aryl methyl sites for hydroxylation is 2. The van der Waals surface area contributed by atoms with E-state index in [1.807, 2.05) is 0 Å². The first-order valence-electron chi connectivity index (χ1n) is 6.03. The molecule has 0 aliphatic carbocycles. The Bertz CT molecular complexity index is 339. The van der Waals surface area contributed by atoms with Crippen LogP contribution in [-0.2, 0) is 16.1 Å². The minimum Gasteiger partial charge on any atom is -0.385 e. The number of carbonyl (C=O) groups excluding carboxylic acids is 1. The number of aromatic nitrogens is 1. The van der Waals surface area contributed by atoms with E-state index in [1.165, 1.54) is 11.4 Å². The van der Waals surface area contributed by atoms with Gasteiger partial charge in [0, 0.05) is 44.6 Å². The Balaban J connectivity index is 2.24. The van der Waals surface area contributed by atoms with Gasteiger partial charge in [-0.05, 0) is 32.4 Å². The molecule has 4 heteroatoms. The normalized spacial score (nSPS) is 10.5. The number of rotatable bonds is 7. The highest BCUT2D eigenvalue weighted by Crippen LogP contribution is 2.07. The van der Waals surface area contributed by atoms with E-state index in [1.54, 1.807) is 7.11 Å². The smallest absolute Gasteiger partial charge is 0.221 e. The van der Waals surface area contributed by atoms with Gasteiger partial charge in [-0.25, -0.2) is 0 Å². The van der Waals surface area contributed by atoms with E-state index in [0.717, 1.165) is 13.0 Å². The van der Waals surface area contributed by atoms with Crippen LogP contribution in [0.15, 0.2) is 12.1 Å². The molecule has 0 aromatic carbocycles. The number of amides is 1. The average molecular weight is 238 g/mol. The minimum atomic E-state index is 0.105. The third-order valence-electron chi connectivity index (χ3n) is 2.83. The van der Waals surface area contributed by atoms with Gasteiger partial charge in [0.05, 0.1) is 0 Å². The minimum absolute atomic E-state index is 0.105. The Hall–Kier alpha value is -1.29. The second kappa shape index (κ2) is 7.12. The van der Waals surface area contributed by atoms with Crippen molar-refractivity contribution in [3.8, 4) is 0 Å². The summed E-state index contributed by atoms with van der Waals surface area (Å²) < 4.78 is 7.08. The predicted octanol–water partition coefficient (Wildman–Crippen LogP) is 1.65. The maximum Gasteiger partial charge on any atom is 0.221 e. The van der Waals surface area contributed by atoms with Crippen LogP contribution in [0.2, 0.25) is 0 Å². The number of methoxy groups -OCH3 is 1. The van der Waals surface area contributed by atoms with E-state index in [9.17, 15) is 4.79 Å². The molecule has 0 aliphatic rings. The monoisotopic (exact) mass is 238 g/mol. The van der Waals surface area contributed by atoms with Gasteiger partial charge in [0.15, 0.2) is 0 Å². The van der Waals surface area contributed by atoms with Crippen molar-refractivity contribution in [2.24, 2.45) is 0 Å². The summed E-state index contributed by atoms with van der Waals surface area (Å²) >= 11 is 0. The Kier molecular flexibility index (Phi) is 5.77. The van der Waals surface area contributed by atoms with E-state index in [-0.39, 0.29) is 5.91 Å². The molecule has 4 nitrogen and oxygen atoms in total. The average Bonchev–Trinajstić information content (AvgIpc) is 2.62. The molecule has 0 saturated heterocycles. The number of ether oxygens (including phenoxy) is 1. The van der Waals surface area contributed by atoms with Gasteiger partial charge in [-0.3, -0.25) is 4.79 Å². The van der Waals surface area contributed by atoms with Crippen LogP contribution in [0.4, 0.5) is 0 Å². The maximum absolute atomic E-state index is 11.6. The van der Waals surface area contributed by atoms with Crippen molar-refractivity contribution in [3.63, 3.8) is 0 Å². The summed E-state index contributed by atoms with van der Waals surface area (Å²) in [7, 11) is 1.67. The molecule has 0 fully saturated rings. The molecule has 1 aromatic rings. The molecule has 1 amide bonds. The fourth-order valence-electron chi connectivity index (χ4n) is 1.80. The van der Waals surface area contributed by atoms with E-state index >= 15 is 0 Å². The highest BCUT2D eigenvalue weighted by molar-refractivity contribution is 5.75. The van der Waals surface area contributed by atoms with Gasteiger partial charge in [0.2, 0.25) is 5.91 Å². The van der Waals surface area contributed by atoms with Gasteiger partial charge in [-0.15, -0.1) is 0 Å². The zero-order chi connectivity index (χ0) is 12.7. The fraction of sp³-hybridized carbons (Fsp3) is 0.615. The zero-order valence-electron chi connectivity index (χ0n) is 11.0. The lowest BCUT2D eigenvalue weighted by molar-refractivity contribution is -0.121. The summed E-state index contributed by atoms with van der Waals surface area (Å²) in [4.78, 5) is 11.6. The summed E-state index contributed by atoms with van der Waals surface area (Å²) in [5, 5.41) is 2.89. The summed E-state index contributed by atoms with van der Waals surface area (Å²) in [5.74, 6) is 0.105. The number of hydrogen-bond donors (Lipinski definition) is 1. The van der Waals surface area contributed by atoms with Crippen molar-refractivity contribution in [3.05, 3.63) is 23.5 Å². The van der Waals surface area contributed by atoms with Crippen LogP contribution in [0.25, 0.3) is 0 Å². The third-order valence-corrected chi connectivity index (χ3v) is 2.83. The molecule has 0 aliphatic heterocycles. The van der Waals surface area contributed by atoms with Crippen LogP contribution in [0.5, 0.6) is 0 Å². The van der Waals surface area contributed by atoms with Crippen molar-refractivity contribution < 1.29 is 9.53 Å². The lowest BCUT2D eigenvalue weighted by atomic mass is 10.3. The van der Waals surface area contributed by atoms with Crippen molar-refractivity contribution in [2.45, 2.75) is 33.2 Å². The molecule has 1 aromatic heterocycles. The molecule has 0 bridgehead atoms. The molecule has 0 spiro atoms. The summed E-state index contributed by atoms with van der Waals surface area (Å²) in [5.41, 5.74) is 2.41. The summed E-state index contributed by atoms with van der Waals surface area (Å²) in [6.45, 7) is 6.25. The number of nitrogens with zero attached hydrogens (tertiary/aromatic N) is 1. The molecule has 0 unspecified atom stereocenters. The van der Waals surface area contributed by atoms with Crippen LogP contribution in [-0.4, -0.2) is 30.7 Å². The van der Waals surface area contributed by atoms with Crippen molar-refractivity contribution in [1.82, 2.24) is 9.88 Å². The molecular formula is C13H22N2O2. The summed E-state index contributed by atoms with van der Waals surface area (Å²) in [6.07, 6.45) is 1.40. The topological polar surface area (TPSA) is 43.3 Å². The lowest BCUT2D eigenvalue weighted by Crippen LogP contribution is -2.26. The van der Waals surface area contributed by atoms with Gasteiger partial charge < -0.3 is 14.6 Å². The largest absolute Gasteiger partial charge is 0.385 e. The first-order valence-corrected chi connectivity index (χ1v) is 6.03. The second-order valence-electron chi connectivity index (χ2n) is 4.21. The molecular weight excluding hydrogens is 216 g/mol. The van der Waals surface area contributed by atoms with Crippen molar-refractivity contribution >= 4 is 5.91 Å². The fourth-order valence-corrected chi connectivity index (χ4v) is 1.80. The van der Waals surface area contributed by atoms with Crippen molar-refractivity contribution in [1.29, 1.82) is 0 Å². The van der Waals surface area contributed by atoms with Crippen molar-refractivity contribution in [2.75, 3.05) is 20.3 Å². The quantitative estimate of drug-likeness (QED) is 0.734. The van der Waals surface area contributed by atoms with E-state index in [2.05, 4.69) is 35.9 Å². The van der Waals surface area contributed by atoms with Gasteiger partial charge in [0.1, 0.15) is 0 Å². The Morgan fingerprint density at radius 3 is 2.59 bits per heavy atom. The Morgan fingerprint density at radius 2 is 2.00 bits per heavy atom. The first-order chi connectivity index (χ1) is 8.15. The van der Waals surface area contributed by atoms with Crippen LogP contribution in [0.3, 0.4) is 0 Å². The lowest BCUT2D eigenvalue weighted by Gasteiger charge is -2.09.